The van der Waals surface area contributed by atoms with E-state index in [0.29, 0.717) is 29.4 Å². The highest BCUT2D eigenvalue weighted by Crippen LogP contribution is 2.27. The quantitative estimate of drug-likeness (QED) is 0.287. The average Bonchev–Trinajstić information content (AvgIpc) is 3.45. The summed E-state index contributed by atoms with van der Waals surface area (Å²) in [6, 6.07) is 16.5. The molecule has 0 radical (unpaired) electrons. The van der Waals surface area contributed by atoms with Crippen molar-refractivity contribution < 1.29 is 9.32 Å². The summed E-state index contributed by atoms with van der Waals surface area (Å²) in [5.74, 6) is 2.50. The summed E-state index contributed by atoms with van der Waals surface area (Å²) in [4.78, 5) is 27.7. The molecular weight excluding hydrogens is 516 g/mol. The molecule has 0 spiro atoms. The molecule has 1 saturated carbocycles. The zero-order valence-electron chi connectivity index (χ0n) is 23.3. The molecule has 2 aliphatic rings. The van der Waals surface area contributed by atoms with E-state index in [9.17, 15) is 4.79 Å². The van der Waals surface area contributed by atoms with Gasteiger partial charge in [-0.3, -0.25) is 4.79 Å². The highest BCUT2D eigenvalue weighted by Gasteiger charge is 2.30. The number of anilines is 2. The smallest absolute Gasteiger partial charge is 0.248 e. The summed E-state index contributed by atoms with van der Waals surface area (Å²) in [6.45, 7) is 3.69. The number of pyridine rings is 2. The molecule has 41 heavy (non-hydrogen) atoms. The van der Waals surface area contributed by atoms with Crippen LogP contribution in [0, 0.1) is 6.92 Å². The van der Waals surface area contributed by atoms with Crippen molar-refractivity contribution >= 4 is 17.5 Å². The number of amides is 1. The number of hydrogen-bond donors (Lipinski definition) is 3. The third-order valence-electron chi connectivity index (χ3n) is 8.07. The van der Waals surface area contributed by atoms with E-state index >= 15 is 0 Å². The van der Waals surface area contributed by atoms with Gasteiger partial charge in [0.25, 0.3) is 0 Å². The van der Waals surface area contributed by atoms with Crippen LogP contribution in [-0.4, -0.2) is 57.2 Å². The number of rotatable bonds is 8. The van der Waals surface area contributed by atoms with E-state index in [2.05, 4.69) is 36.7 Å². The zero-order valence-corrected chi connectivity index (χ0v) is 23.3. The molecule has 1 aliphatic carbocycles. The summed E-state index contributed by atoms with van der Waals surface area (Å²) in [5, 5.41) is 11.7. The molecule has 6 rings (SSSR count). The van der Waals surface area contributed by atoms with E-state index in [-0.39, 0.29) is 6.04 Å². The van der Waals surface area contributed by atoms with Crippen LogP contribution in [0.4, 0.5) is 11.6 Å². The molecule has 1 aromatic carbocycles. The lowest BCUT2D eigenvalue weighted by Crippen LogP contribution is -2.55. The Kier molecular flexibility index (Phi) is 7.91. The maximum absolute atomic E-state index is 11.7. The Balaban J connectivity index is 1.10. The van der Waals surface area contributed by atoms with Gasteiger partial charge in [-0.2, -0.15) is 4.98 Å². The Morgan fingerprint density at radius 2 is 1.83 bits per heavy atom. The molecule has 0 bridgehead atoms. The molecule has 3 aromatic heterocycles. The predicted octanol–water partition coefficient (Wildman–Crippen LogP) is 4.58. The second-order valence-electron chi connectivity index (χ2n) is 11.0. The van der Waals surface area contributed by atoms with Gasteiger partial charge in [0.1, 0.15) is 11.6 Å². The van der Waals surface area contributed by atoms with Crippen LogP contribution in [0.1, 0.15) is 54.8 Å². The summed E-state index contributed by atoms with van der Waals surface area (Å²) in [6.07, 6.45) is 10.5. The molecule has 4 heterocycles. The van der Waals surface area contributed by atoms with Gasteiger partial charge in [0.2, 0.25) is 17.6 Å². The SMILES string of the molecule is Cc1nc(-c2ccc(N3CCCC(NC4CCCCC4Nc4cc(-c5cccc(C(N)=O)c5)ccn4)C3)nc2)no1. The number of aromatic nitrogens is 4. The largest absolute Gasteiger partial charge is 0.366 e. The molecular formula is C31H36N8O2. The summed E-state index contributed by atoms with van der Waals surface area (Å²) < 4.78 is 5.10. The van der Waals surface area contributed by atoms with Crippen LogP contribution in [0.25, 0.3) is 22.5 Å². The highest BCUT2D eigenvalue weighted by molar-refractivity contribution is 5.94. The molecule has 1 amide bonds. The van der Waals surface area contributed by atoms with Gasteiger partial charge in [-0.05, 0) is 73.2 Å². The fraction of sp³-hybridized carbons (Fsp3) is 0.387. The molecule has 3 atom stereocenters. The average molecular weight is 553 g/mol. The minimum atomic E-state index is -0.427. The van der Waals surface area contributed by atoms with Gasteiger partial charge in [0, 0.05) is 61.7 Å². The first-order valence-corrected chi connectivity index (χ1v) is 14.4. The molecule has 1 aliphatic heterocycles. The number of carbonyl (C=O) groups is 1. The Hall–Kier alpha value is -4.31. The third kappa shape index (κ3) is 6.38. The summed E-state index contributed by atoms with van der Waals surface area (Å²) >= 11 is 0. The van der Waals surface area contributed by atoms with Gasteiger partial charge < -0.3 is 25.8 Å². The number of primary amides is 1. The third-order valence-corrected chi connectivity index (χ3v) is 8.07. The van der Waals surface area contributed by atoms with Crippen molar-refractivity contribution in [3.05, 3.63) is 72.4 Å². The van der Waals surface area contributed by atoms with E-state index in [4.69, 9.17) is 15.2 Å². The van der Waals surface area contributed by atoms with Crippen molar-refractivity contribution in [1.29, 1.82) is 0 Å². The van der Waals surface area contributed by atoms with Gasteiger partial charge in [-0.25, -0.2) is 9.97 Å². The molecule has 2 fully saturated rings. The van der Waals surface area contributed by atoms with E-state index in [1.807, 2.05) is 48.8 Å². The first-order valence-electron chi connectivity index (χ1n) is 14.4. The molecule has 3 unspecified atom stereocenters. The van der Waals surface area contributed by atoms with Crippen LogP contribution in [0.2, 0.25) is 0 Å². The molecule has 10 heteroatoms. The van der Waals surface area contributed by atoms with E-state index in [1.165, 1.54) is 12.8 Å². The standard InChI is InChI=1S/C31H36N8O2/c1-20-35-31(38-41-20)24-11-12-29(34-18-24)39-15-5-8-25(19-39)36-26-9-2-3-10-27(26)37-28-17-22(13-14-33-28)21-6-4-7-23(16-21)30(32)40/h4,6-7,11-14,16-18,25-27,36H,2-3,5,8-10,15,19H2,1H3,(H2,32,40)(H,33,37). The first kappa shape index (κ1) is 26.9. The summed E-state index contributed by atoms with van der Waals surface area (Å²) in [7, 11) is 0. The molecule has 212 valence electrons. The Morgan fingerprint density at radius 1 is 0.976 bits per heavy atom. The fourth-order valence-electron chi connectivity index (χ4n) is 5.98. The topological polar surface area (TPSA) is 135 Å². The van der Waals surface area contributed by atoms with Crippen molar-refractivity contribution in [3.8, 4) is 22.5 Å². The second-order valence-corrected chi connectivity index (χ2v) is 11.0. The van der Waals surface area contributed by atoms with Crippen LogP contribution in [-0.2, 0) is 0 Å². The number of aryl methyl sites for hydroxylation is 1. The lowest BCUT2D eigenvalue weighted by Gasteiger charge is -2.40. The van der Waals surface area contributed by atoms with Crippen LogP contribution in [0.3, 0.4) is 0 Å². The van der Waals surface area contributed by atoms with Crippen molar-refractivity contribution in [3.63, 3.8) is 0 Å². The monoisotopic (exact) mass is 552 g/mol. The van der Waals surface area contributed by atoms with Gasteiger partial charge in [0.05, 0.1) is 0 Å². The van der Waals surface area contributed by atoms with Crippen molar-refractivity contribution in [2.75, 3.05) is 23.3 Å². The van der Waals surface area contributed by atoms with Gasteiger partial charge in [-0.1, -0.05) is 30.1 Å². The van der Waals surface area contributed by atoms with Gasteiger partial charge in [-0.15, -0.1) is 0 Å². The number of carbonyl (C=O) groups excluding carboxylic acids is 1. The number of hydrogen-bond acceptors (Lipinski definition) is 9. The van der Waals surface area contributed by atoms with Gasteiger partial charge in [0.15, 0.2) is 0 Å². The second kappa shape index (κ2) is 12.1. The van der Waals surface area contributed by atoms with E-state index < -0.39 is 5.91 Å². The molecule has 1 saturated heterocycles. The number of piperidine rings is 1. The number of nitrogens with two attached hydrogens (primary N) is 1. The Labute approximate surface area is 239 Å². The number of nitrogens with one attached hydrogen (secondary N) is 2. The van der Waals surface area contributed by atoms with Crippen LogP contribution < -0.4 is 21.3 Å². The fourth-order valence-corrected chi connectivity index (χ4v) is 5.98. The van der Waals surface area contributed by atoms with Crippen molar-refractivity contribution in [2.24, 2.45) is 5.73 Å². The first-order chi connectivity index (χ1) is 20.0. The van der Waals surface area contributed by atoms with E-state index in [0.717, 1.165) is 67.1 Å². The maximum Gasteiger partial charge on any atom is 0.248 e. The Bertz CT molecular complexity index is 1490. The molecule has 4 aromatic rings. The van der Waals surface area contributed by atoms with Crippen LogP contribution in [0.5, 0.6) is 0 Å². The van der Waals surface area contributed by atoms with Crippen molar-refractivity contribution in [1.82, 2.24) is 25.4 Å². The minimum Gasteiger partial charge on any atom is -0.366 e. The minimum absolute atomic E-state index is 0.287. The van der Waals surface area contributed by atoms with E-state index in [1.54, 1.807) is 13.0 Å². The normalized spacial score (nSPS) is 21.0. The Morgan fingerprint density at radius 3 is 2.61 bits per heavy atom. The lowest BCUT2D eigenvalue weighted by atomic mass is 9.89. The number of nitrogens with zero attached hydrogens (tertiary/aromatic N) is 5. The van der Waals surface area contributed by atoms with Crippen LogP contribution in [0.15, 0.2) is 65.4 Å². The van der Waals surface area contributed by atoms with Gasteiger partial charge >= 0.3 is 0 Å². The zero-order chi connectivity index (χ0) is 28.2. The van der Waals surface area contributed by atoms with Crippen molar-refractivity contribution in [2.45, 2.75) is 63.6 Å². The molecule has 4 N–H and O–H groups in total. The maximum atomic E-state index is 11.7. The van der Waals surface area contributed by atoms with Crippen LogP contribution >= 0.6 is 0 Å². The highest BCUT2D eigenvalue weighted by atomic mass is 16.5. The lowest BCUT2D eigenvalue weighted by molar-refractivity contribution is 0.100. The number of benzene rings is 1. The predicted molar refractivity (Wildman–Crippen MR) is 158 cm³/mol. The summed E-state index contributed by atoms with van der Waals surface area (Å²) in [5.41, 5.74) is 8.79. The molecule has 10 nitrogen and oxygen atoms in total.